The third kappa shape index (κ3) is 2.58. The van der Waals surface area contributed by atoms with Gasteiger partial charge in [0, 0.05) is 11.1 Å². The standard InChI is InChI=1S/C17H12N4O/c18-9-11-1-3-12(4-2-11)15-10-20-17(19)16(21-15)13-5-7-14(22)8-6-13/h1-8,10,22H,(H2,19,20). The smallest absolute Gasteiger partial charge is 0.150 e. The molecule has 0 aliphatic carbocycles. The Morgan fingerprint density at radius 3 is 2.23 bits per heavy atom. The molecule has 22 heavy (non-hydrogen) atoms. The number of nitriles is 1. The van der Waals surface area contributed by atoms with Gasteiger partial charge >= 0.3 is 0 Å². The van der Waals surface area contributed by atoms with Crippen LogP contribution in [0.2, 0.25) is 0 Å². The van der Waals surface area contributed by atoms with Crippen molar-refractivity contribution in [3.63, 3.8) is 0 Å². The maximum atomic E-state index is 9.36. The summed E-state index contributed by atoms with van der Waals surface area (Å²) in [4.78, 5) is 8.73. The molecule has 0 bridgehead atoms. The molecule has 0 aliphatic rings. The number of rotatable bonds is 2. The number of aromatic hydroxyl groups is 1. The summed E-state index contributed by atoms with van der Waals surface area (Å²) in [5.41, 5.74) is 9.35. The molecule has 2 aromatic carbocycles. The molecular formula is C17H12N4O. The van der Waals surface area contributed by atoms with Crippen LogP contribution in [0.3, 0.4) is 0 Å². The highest BCUT2D eigenvalue weighted by Crippen LogP contribution is 2.27. The highest BCUT2D eigenvalue weighted by molar-refractivity contribution is 5.73. The molecule has 5 nitrogen and oxygen atoms in total. The van der Waals surface area contributed by atoms with Crippen LogP contribution < -0.4 is 5.73 Å². The summed E-state index contributed by atoms with van der Waals surface area (Å²) >= 11 is 0. The minimum atomic E-state index is 0.179. The number of anilines is 1. The molecule has 3 aromatic rings. The van der Waals surface area contributed by atoms with Gasteiger partial charge in [0.2, 0.25) is 0 Å². The van der Waals surface area contributed by atoms with Gasteiger partial charge in [0.25, 0.3) is 0 Å². The van der Waals surface area contributed by atoms with Crippen molar-refractivity contribution in [1.29, 1.82) is 5.26 Å². The van der Waals surface area contributed by atoms with Gasteiger partial charge < -0.3 is 10.8 Å². The highest BCUT2D eigenvalue weighted by Gasteiger charge is 2.09. The van der Waals surface area contributed by atoms with Crippen LogP contribution in [-0.4, -0.2) is 15.1 Å². The Labute approximate surface area is 127 Å². The Morgan fingerprint density at radius 1 is 0.955 bits per heavy atom. The van der Waals surface area contributed by atoms with E-state index in [0.29, 0.717) is 22.8 Å². The molecule has 0 amide bonds. The zero-order valence-electron chi connectivity index (χ0n) is 11.6. The molecule has 106 valence electrons. The maximum Gasteiger partial charge on any atom is 0.150 e. The fourth-order valence-electron chi connectivity index (χ4n) is 2.08. The van der Waals surface area contributed by atoms with Gasteiger partial charge in [-0.05, 0) is 36.4 Å². The Balaban J connectivity index is 2.05. The summed E-state index contributed by atoms with van der Waals surface area (Å²) in [6.07, 6.45) is 1.60. The first-order valence-electron chi connectivity index (χ1n) is 6.60. The van der Waals surface area contributed by atoms with Crippen molar-refractivity contribution in [2.24, 2.45) is 0 Å². The lowest BCUT2D eigenvalue weighted by molar-refractivity contribution is 0.475. The number of nitrogens with two attached hydrogens (primary N) is 1. The first kappa shape index (κ1) is 13.6. The number of phenolic OH excluding ortho intramolecular Hbond substituents is 1. The summed E-state index contributed by atoms with van der Waals surface area (Å²) in [7, 11) is 0. The predicted octanol–water partition coefficient (Wildman–Crippen LogP) is 2.97. The quantitative estimate of drug-likeness (QED) is 0.755. The highest BCUT2D eigenvalue weighted by atomic mass is 16.3. The minimum absolute atomic E-state index is 0.179. The van der Waals surface area contributed by atoms with E-state index in [1.807, 2.05) is 12.1 Å². The summed E-state index contributed by atoms with van der Waals surface area (Å²) < 4.78 is 0. The monoisotopic (exact) mass is 288 g/mol. The summed E-state index contributed by atoms with van der Waals surface area (Å²) in [5.74, 6) is 0.501. The Bertz CT molecular complexity index is 849. The third-order valence-corrected chi connectivity index (χ3v) is 3.25. The van der Waals surface area contributed by atoms with Crippen LogP contribution in [0.5, 0.6) is 5.75 Å². The minimum Gasteiger partial charge on any atom is -0.508 e. The summed E-state index contributed by atoms with van der Waals surface area (Å²) in [5, 5.41) is 18.2. The Kier molecular flexibility index (Phi) is 3.42. The van der Waals surface area contributed by atoms with Gasteiger partial charge in [-0.25, -0.2) is 9.97 Å². The number of aromatic nitrogens is 2. The number of nitrogens with zero attached hydrogens (tertiary/aromatic N) is 3. The molecule has 5 heteroatoms. The van der Waals surface area contributed by atoms with E-state index in [1.54, 1.807) is 42.6 Å². The van der Waals surface area contributed by atoms with E-state index in [1.165, 1.54) is 0 Å². The van der Waals surface area contributed by atoms with Crippen LogP contribution in [-0.2, 0) is 0 Å². The molecule has 0 unspecified atom stereocenters. The van der Waals surface area contributed by atoms with Gasteiger partial charge in [-0.15, -0.1) is 0 Å². The van der Waals surface area contributed by atoms with E-state index in [2.05, 4.69) is 16.0 Å². The van der Waals surface area contributed by atoms with Crippen LogP contribution in [0.15, 0.2) is 54.7 Å². The van der Waals surface area contributed by atoms with Gasteiger partial charge in [-0.3, -0.25) is 0 Å². The van der Waals surface area contributed by atoms with E-state index < -0.39 is 0 Å². The average molecular weight is 288 g/mol. The van der Waals surface area contributed by atoms with Crippen LogP contribution in [0.4, 0.5) is 5.82 Å². The zero-order valence-corrected chi connectivity index (χ0v) is 11.6. The van der Waals surface area contributed by atoms with Gasteiger partial charge in [-0.2, -0.15) is 5.26 Å². The van der Waals surface area contributed by atoms with Gasteiger partial charge in [-0.1, -0.05) is 12.1 Å². The number of phenols is 1. The van der Waals surface area contributed by atoms with Crippen molar-refractivity contribution >= 4 is 5.82 Å². The molecule has 1 aromatic heterocycles. The van der Waals surface area contributed by atoms with E-state index in [0.717, 1.165) is 11.1 Å². The van der Waals surface area contributed by atoms with E-state index in [4.69, 9.17) is 11.0 Å². The Morgan fingerprint density at radius 2 is 1.59 bits per heavy atom. The predicted molar refractivity (Wildman–Crippen MR) is 83.7 cm³/mol. The van der Waals surface area contributed by atoms with Gasteiger partial charge in [0.05, 0.1) is 23.5 Å². The topological polar surface area (TPSA) is 95.8 Å². The van der Waals surface area contributed by atoms with Gasteiger partial charge in [0.1, 0.15) is 17.3 Å². The van der Waals surface area contributed by atoms with Crippen molar-refractivity contribution < 1.29 is 5.11 Å². The lowest BCUT2D eigenvalue weighted by Crippen LogP contribution is -1.98. The lowest BCUT2D eigenvalue weighted by atomic mass is 10.1. The number of hydrogen-bond acceptors (Lipinski definition) is 5. The van der Waals surface area contributed by atoms with E-state index in [9.17, 15) is 5.11 Å². The van der Waals surface area contributed by atoms with Crippen LogP contribution in [0.25, 0.3) is 22.5 Å². The summed E-state index contributed by atoms with van der Waals surface area (Å²) in [6.45, 7) is 0. The van der Waals surface area contributed by atoms with Crippen LogP contribution in [0.1, 0.15) is 5.56 Å². The van der Waals surface area contributed by atoms with Crippen molar-refractivity contribution in [3.05, 3.63) is 60.3 Å². The largest absolute Gasteiger partial charge is 0.508 e. The second-order valence-corrected chi connectivity index (χ2v) is 4.73. The zero-order chi connectivity index (χ0) is 15.5. The third-order valence-electron chi connectivity index (χ3n) is 3.25. The first-order chi connectivity index (χ1) is 10.7. The number of nitrogen functional groups attached to an aromatic ring is 1. The average Bonchev–Trinajstić information content (AvgIpc) is 2.56. The molecule has 0 saturated heterocycles. The molecule has 0 atom stereocenters. The molecule has 0 radical (unpaired) electrons. The van der Waals surface area contributed by atoms with Crippen molar-refractivity contribution in [1.82, 2.24) is 9.97 Å². The second kappa shape index (κ2) is 5.54. The van der Waals surface area contributed by atoms with Crippen LogP contribution in [0, 0.1) is 11.3 Å². The molecule has 0 spiro atoms. The first-order valence-corrected chi connectivity index (χ1v) is 6.60. The summed E-state index contributed by atoms with van der Waals surface area (Å²) in [6, 6.07) is 15.8. The fraction of sp³-hybridized carbons (Fsp3) is 0. The SMILES string of the molecule is N#Cc1ccc(-c2cnc(N)c(-c3ccc(O)cc3)n2)cc1. The normalized spacial score (nSPS) is 10.1. The van der Waals surface area contributed by atoms with Crippen molar-refractivity contribution in [2.45, 2.75) is 0 Å². The van der Waals surface area contributed by atoms with Gasteiger partial charge in [0.15, 0.2) is 0 Å². The fourth-order valence-corrected chi connectivity index (χ4v) is 2.08. The molecule has 3 rings (SSSR count). The molecule has 1 heterocycles. The molecule has 0 saturated carbocycles. The Hall–Kier alpha value is -3.39. The van der Waals surface area contributed by atoms with E-state index in [-0.39, 0.29) is 5.75 Å². The van der Waals surface area contributed by atoms with Crippen LogP contribution >= 0.6 is 0 Å². The van der Waals surface area contributed by atoms with E-state index >= 15 is 0 Å². The maximum absolute atomic E-state index is 9.36. The lowest BCUT2D eigenvalue weighted by Gasteiger charge is -2.07. The number of benzene rings is 2. The second-order valence-electron chi connectivity index (χ2n) is 4.73. The molecular weight excluding hydrogens is 276 g/mol. The molecule has 0 aliphatic heterocycles. The molecule has 3 N–H and O–H groups in total. The van der Waals surface area contributed by atoms with Crippen molar-refractivity contribution in [2.75, 3.05) is 5.73 Å². The number of hydrogen-bond donors (Lipinski definition) is 2. The van der Waals surface area contributed by atoms with Crippen molar-refractivity contribution in [3.8, 4) is 34.3 Å². The molecule has 0 fully saturated rings.